The van der Waals surface area contributed by atoms with Crippen molar-refractivity contribution in [2.24, 2.45) is 5.92 Å². The summed E-state index contributed by atoms with van der Waals surface area (Å²) in [4.78, 5) is 45.7. The van der Waals surface area contributed by atoms with Gasteiger partial charge in [0.1, 0.15) is 11.5 Å². The van der Waals surface area contributed by atoms with Crippen LogP contribution in [-0.4, -0.2) is 78.5 Å². The molecule has 0 bridgehead atoms. The zero-order chi connectivity index (χ0) is 28.8. The molecule has 9 nitrogen and oxygen atoms in total. The van der Waals surface area contributed by atoms with Gasteiger partial charge in [0, 0.05) is 50.9 Å². The maximum Gasteiger partial charge on any atom is 0.338 e. The molecule has 9 heteroatoms. The van der Waals surface area contributed by atoms with E-state index in [1.165, 1.54) is 0 Å². The van der Waals surface area contributed by atoms with E-state index in [0.29, 0.717) is 48.9 Å². The van der Waals surface area contributed by atoms with Gasteiger partial charge in [-0.25, -0.2) is 9.59 Å². The summed E-state index contributed by atoms with van der Waals surface area (Å²) >= 11 is 0. The number of benzene rings is 2. The van der Waals surface area contributed by atoms with Gasteiger partial charge in [0.05, 0.1) is 18.2 Å². The first-order valence-electron chi connectivity index (χ1n) is 14.8. The number of ether oxygens (including phenoxy) is 2. The monoisotopic (exact) mass is 560 g/mol. The van der Waals surface area contributed by atoms with Crippen molar-refractivity contribution in [1.82, 2.24) is 20.0 Å². The highest BCUT2D eigenvalue weighted by Crippen LogP contribution is 2.34. The number of esters is 1. The molecule has 3 amide bonds. The van der Waals surface area contributed by atoms with Gasteiger partial charge in [-0.3, -0.25) is 14.6 Å². The van der Waals surface area contributed by atoms with Gasteiger partial charge >= 0.3 is 12.0 Å². The molecule has 2 fully saturated rings. The number of likely N-dealkylation sites (N-methyl/N-ethyl adjacent to an activating group) is 1. The minimum Gasteiger partial charge on any atom is -0.463 e. The van der Waals surface area contributed by atoms with E-state index in [4.69, 9.17) is 9.47 Å². The molecule has 0 radical (unpaired) electrons. The Labute approximate surface area is 242 Å². The Morgan fingerprint density at radius 2 is 1.71 bits per heavy atom. The number of para-hydroxylation sites is 1. The number of carbonyl (C=O) groups excluding carboxylic acids is 3. The first-order chi connectivity index (χ1) is 20.0. The second-order valence-corrected chi connectivity index (χ2v) is 10.8. The van der Waals surface area contributed by atoms with Crippen LogP contribution in [0.5, 0.6) is 11.5 Å². The van der Waals surface area contributed by atoms with E-state index in [9.17, 15) is 14.4 Å². The minimum atomic E-state index is -0.692. The number of carbonyl (C=O) groups is 3. The van der Waals surface area contributed by atoms with Crippen LogP contribution >= 0.6 is 0 Å². The van der Waals surface area contributed by atoms with Crippen LogP contribution in [0.4, 0.5) is 4.79 Å². The molecule has 1 saturated heterocycles. The van der Waals surface area contributed by atoms with Gasteiger partial charge in [0.25, 0.3) is 0 Å². The van der Waals surface area contributed by atoms with E-state index in [1.807, 2.05) is 66.4 Å². The Bertz CT molecular complexity index is 1280. The molecule has 2 heterocycles. The van der Waals surface area contributed by atoms with Crippen LogP contribution in [0.2, 0.25) is 0 Å². The molecular formula is C32H40N4O5. The third kappa shape index (κ3) is 6.56. The van der Waals surface area contributed by atoms with Gasteiger partial charge in [-0.05, 0) is 62.9 Å². The summed E-state index contributed by atoms with van der Waals surface area (Å²) in [5.41, 5.74) is 1.81. The fourth-order valence-corrected chi connectivity index (χ4v) is 5.76. The van der Waals surface area contributed by atoms with Gasteiger partial charge in [-0.1, -0.05) is 36.8 Å². The van der Waals surface area contributed by atoms with Crippen LogP contribution in [0.3, 0.4) is 0 Å². The van der Waals surface area contributed by atoms with Crippen LogP contribution in [-0.2, 0) is 14.3 Å². The second-order valence-electron chi connectivity index (χ2n) is 10.8. The van der Waals surface area contributed by atoms with Crippen molar-refractivity contribution >= 4 is 17.9 Å². The summed E-state index contributed by atoms with van der Waals surface area (Å²) in [6.07, 6.45) is 3.97. The van der Waals surface area contributed by atoms with Crippen molar-refractivity contribution in [3.63, 3.8) is 0 Å². The molecule has 1 saturated carbocycles. The molecule has 218 valence electrons. The van der Waals surface area contributed by atoms with Gasteiger partial charge in [0.2, 0.25) is 5.91 Å². The summed E-state index contributed by atoms with van der Waals surface area (Å²) in [7, 11) is 0. The SMILES string of the molecule is CCOC(=O)C1=C(CN2CCCN(C(=O)C3CCC3)CC2)N(CC)C(=O)N[C@H]1c1cccc(Oc2ccccc2)c1. The molecule has 1 N–H and O–H groups in total. The van der Waals surface area contributed by atoms with Gasteiger partial charge < -0.3 is 19.7 Å². The fourth-order valence-electron chi connectivity index (χ4n) is 5.76. The largest absolute Gasteiger partial charge is 0.463 e. The molecule has 2 aromatic carbocycles. The predicted molar refractivity (Wildman–Crippen MR) is 155 cm³/mol. The lowest BCUT2D eigenvalue weighted by atomic mass is 9.84. The number of hydrogen-bond donors (Lipinski definition) is 1. The Morgan fingerprint density at radius 1 is 0.927 bits per heavy atom. The van der Waals surface area contributed by atoms with E-state index in [2.05, 4.69) is 10.2 Å². The van der Waals surface area contributed by atoms with Gasteiger partial charge in [-0.2, -0.15) is 0 Å². The second kappa shape index (κ2) is 13.2. The summed E-state index contributed by atoms with van der Waals surface area (Å²) < 4.78 is 11.6. The molecule has 1 aliphatic carbocycles. The van der Waals surface area contributed by atoms with Crippen molar-refractivity contribution in [3.05, 3.63) is 71.4 Å². The Hall–Kier alpha value is -3.85. The summed E-state index contributed by atoms with van der Waals surface area (Å²) in [6, 6.07) is 16.0. The highest BCUT2D eigenvalue weighted by Gasteiger charge is 2.39. The van der Waals surface area contributed by atoms with Crippen LogP contribution in [0, 0.1) is 5.92 Å². The third-order valence-corrected chi connectivity index (χ3v) is 8.15. The molecular weight excluding hydrogens is 520 g/mol. The number of urea groups is 1. The smallest absolute Gasteiger partial charge is 0.338 e. The number of nitrogens with one attached hydrogen (secondary N) is 1. The number of nitrogens with zero attached hydrogens (tertiary/aromatic N) is 3. The van der Waals surface area contributed by atoms with Crippen LogP contribution < -0.4 is 10.1 Å². The average molecular weight is 561 g/mol. The molecule has 2 aliphatic heterocycles. The molecule has 0 aromatic heterocycles. The number of hydrogen-bond acceptors (Lipinski definition) is 6. The van der Waals surface area contributed by atoms with E-state index >= 15 is 0 Å². The van der Waals surface area contributed by atoms with E-state index in [1.54, 1.807) is 11.8 Å². The van der Waals surface area contributed by atoms with Crippen LogP contribution in [0.1, 0.15) is 51.1 Å². The standard InChI is InChI=1S/C32H40N4O5/c1-3-36-27(22-34-17-10-18-35(20-19-34)30(37)23-11-8-12-23)28(31(38)40-4-2)29(33-32(36)39)24-13-9-16-26(21-24)41-25-14-6-5-7-15-25/h5-7,9,13-16,21,23,29H,3-4,8,10-12,17-20,22H2,1-2H3,(H,33,39)/t29-/m0/s1. The summed E-state index contributed by atoms with van der Waals surface area (Å²) in [6.45, 7) is 7.58. The van der Waals surface area contributed by atoms with Crippen LogP contribution in [0.15, 0.2) is 65.9 Å². The normalized spacial score (nSPS) is 20.2. The third-order valence-electron chi connectivity index (χ3n) is 8.15. The number of amides is 3. The van der Waals surface area contributed by atoms with E-state index < -0.39 is 12.0 Å². The molecule has 0 spiro atoms. The first kappa shape index (κ1) is 28.7. The van der Waals surface area contributed by atoms with Crippen molar-refractivity contribution in [2.45, 2.75) is 45.6 Å². The summed E-state index contributed by atoms with van der Waals surface area (Å²) in [5.74, 6) is 1.31. The first-order valence-corrected chi connectivity index (χ1v) is 14.8. The summed E-state index contributed by atoms with van der Waals surface area (Å²) in [5, 5.41) is 3.04. The van der Waals surface area contributed by atoms with Crippen molar-refractivity contribution in [3.8, 4) is 11.5 Å². The Morgan fingerprint density at radius 3 is 2.41 bits per heavy atom. The molecule has 1 atom stereocenters. The zero-order valence-electron chi connectivity index (χ0n) is 24.0. The maximum absolute atomic E-state index is 13.5. The van der Waals surface area contributed by atoms with E-state index in [0.717, 1.165) is 44.3 Å². The molecule has 41 heavy (non-hydrogen) atoms. The van der Waals surface area contributed by atoms with Gasteiger partial charge in [0.15, 0.2) is 0 Å². The molecule has 3 aliphatic rings. The van der Waals surface area contributed by atoms with Crippen molar-refractivity contribution in [2.75, 3.05) is 45.9 Å². The Kier molecular flexibility index (Phi) is 9.24. The highest BCUT2D eigenvalue weighted by molar-refractivity contribution is 5.95. The van der Waals surface area contributed by atoms with Crippen molar-refractivity contribution < 1.29 is 23.9 Å². The van der Waals surface area contributed by atoms with Crippen LogP contribution in [0.25, 0.3) is 0 Å². The van der Waals surface area contributed by atoms with Gasteiger partial charge in [-0.15, -0.1) is 0 Å². The number of rotatable bonds is 9. The minimum absolute atomic E-state index is 0.180. The lowest BCUT2D eigenvalue weighted by Crippen LogP contribution is -2.51. The van der Waals surface area contributed by atoms with E-state index in [-0.39, 0.29) is 24.5 Å². The average Bonchev–Trinajstić information content (AvgIpc) is 3.18. The highest BCUT2D eigenvalue weighted by atomic mass is 16.5. The lowest BCUT2D eigenvalue weighted by Gasteiger charge is -2.38. The zero-order valence-corrected chi connectivity index (χ0v) is 24.0. The quantitative estimate of drug-likeness (QED) is 0.447. The topological polar surface area (TPSA) is 91.4 Å². The predicted octanol–water partition coefficient (Wildman–Crippen LogP) is 4.72. The molecule has 5 rings (SSSR count). The molecule has 2 aromatic rings. The van der Waals surface area contributed by atoms with Crippen molar-refractivity contribution in [1.29, 1.82) is 0 Å². The fraction of sp³-hybridized carbons (Fsp3) is 0.469. The lowest BCUT2D eigenvalue weighted by molar-refractivity contribution is -0.139. The maximum atomic E-state index is 13.5. The molecule has 0 unspecified atom stereocenters. The Balaban J connectivity index is 1.44.